The molecule has 0 spiro atoms. The molecule has 2 heterocycles. The van der Waals surface area contributed by atoms with Crippen molar-refractivity contribution in [3.05, 3.63) is 22.5 Å². The molecule has 0 aromatic carbocycles. The van der Waals surface area contributed by atoms with E-state index in [1.807, 2.05) is 0 Å². The Kier molecular flexibility index (Phi) is 5.73. The SMILES string of the molecule is CC(=O)c1c(C)[nH]c(C(=O)[C@@H](C)OC(=O)CN2C(=O)[C@H]3CCCC[C@@H]3C2=O)c1C. The minimum atomic E-state index is -1.12. The molecular formula is C21H26N2O6. The average Bonchev–Trinajstić information content (AvgIpc) is 3.09. The van der Waals surface area contributed by atoms with E-state index in [0.29, 0.717) is 29.7 Å². The van der Waals surface area contributed by atoms with Gasteiger partial charge in [-0.1, -0.05) is 12.8 Å². The molecule has 2 fully saturated rings. The molecule has 0 bridgehead atoms. The molecule has 29 heavy (non-hydrogen) atoms. The van der Waals surface area contributed by atoms with Crippen LogP contribution in [-0.4, -0.2) is 51.9 Å². The third kappa shape index (κ3) is 3.75. The van der Waals surface area contributed by atoms with Crippen molar-refractivity contribution in [2.75, 3.05) is 6.54 Å². The quantitative estimate of drug-likeness (QED) is 0.443. The Morgan fingerprint density at radius 2 is 1.66 bits per heavy atom. The van der Waals surface area contributed by atoms with Gasteiger partial charge in [0.1, 0.15) is 6.54 Å². The van der Waals surface area contributed by atoms with Crippen LogP contribution in [0.15, 0.2) is 0 Å². The number of Topliss-reactive ketones (excluding diaryl/α,β-unsaturated/α-hetero) is 2. The largest absolute Gasteiger partial charge is 0.453 e. The van der Waals surface area contributed by atoms with Gasteiger partial charge in [-0.25, -0.2) is 0 Å². The van der Waals surface area contributed by atoms with E-state index in [4.69, 9.17) is 4.74 Å². The molecule has 0 unspecified atom stereocenters. The van der Waals surface area contributed by atoms with E-state index in [1.165, 1.54) is 13.8 Å². The third-order valence-corrected chi connectivity index (χ3v) is 5.93. The molecule has 156 valence electrons. The van der Waals surface area contributed by atoms with Gasteiger partial charge in [-0.15, -0.1) is 0 Å². The van der Waals surface area contributed by atoms with Crippen LogP contribution in [0.2, 0.25) is 0 Å². The summed E-state index contributed by atoms with van der Waals surface area (Å²) in [5.41, 5.74) is 1.75. The van der Waals surface area contributed by atoms with Crippen molar-refractivity contribution in [3.8, 4) is 0 Å². The summed E-state index contributed by atoms with van der Waals surface area (Å²) < 4.78 is 5.20. The maximum Gasteiger partial charge on any atom is 0.326 e. The highest BCUT2D eigenvalue weighted by Gasteiger charge is 2.48. The van der Waals surface area contributed by atoms with Gasteiger partial charge in [-0.05, 0) is 46.1 Å². The van der Waals surface area contributed by atoms with Gasteiger partial charge in [-0.3, -0.25) is 28.9 Å². The van der Waals surface area contributed by atoms with Crippen LogP contribution in [0.4, 0.5) is 0 Å². The number of nitrogens with zero attached hydrogens (tertiary/aromatic N) is 1. The molecule has 1 aliphatic carbocycles. The predicted molar refractivity (Wildman–Crippen MR) is 102 cm³/mol. The lowest BCUT2D eigenvalue weighted by atomic mass is 9.81. The molecule has 1 aromatic rings. The smallest absolute Gasteiger partial charge is 0.326 e. The molecule has 8 heteroatoms. The number of nitrogens with one attached hydrogen (secondary N) is 1. The Balaban J connectivity index is 1.66. The molecule has 2 amide bonds. The number of aromatic nitrogens is 1. The van der Waals surface area contributed by atoms with E-state index in [2.05, 4.69) is 4.98 Å². The van der Waals surface area contributed by atoms with E-state index >= 15 is 0 Å². The number of hydrogen-bond donors (Lipinski definition) is 1. The van der Waals surface area contributed by atoms with E-state index in [0.717, 1.165) is 17.7 Å². The highest BCUT2D eigenvalue weighted by atomic mass is 16.5. The molecule has 0 radical (unpaired) electrons. The van der Waals surface area contributed by atoms with Gasteiger partial charge < -0.3 is 9.72 Å². The van der Waals surface area contributed by atoms with Gasteiger partial charge in [0.05, 0.1) is 17.5 Å². The van der Waals surface area contributed by atoms with Crippen molar-refractivity contribution in [2.24, 2.45) is 11.8 Å². The second kappa shape index (κ2) is 7.93. The van der Waals surface area contributed by atoms with Crippen molar-refractivity contribution in [3.63, 3.8) is 0 Å². The normalized spacial score (nSPS) is 22.4. The fraction of sp³-hybridized carbons (Fsp3) is 0.571. The van der Waals surface area contributed by atoms with Crippen molar-refractivity contribution < 1.29 is 28.7 Å². The molecule has 1 saturated heterocycles. The molecule has 2 aliphatic rings. The Morgan fingerprint density at radius 1 is 1.10 bits per heavy atom. The summed E-state index contributed by atoms with van der Waals surface area (Å²) in [5, 5.41) is 0. The van der Waals surface area contributed by atoms with Crippen LogP contribution in [0.3, 0.4) is 0 Å². The van der Waals surface area contributed by atoms with Crippen molar-refractivity contribution in [2.45, 2.75) is 59.5 Å². The van der Waals surface area contributed by atoms with Crippen LogP contribution >= 0.6 is 0 Å². The highest BCUT2D eigenvalue weighted by molar-refractivity contribution is 6.08. The van der Waals surface area contributed by atoms with Gasteiger partial charge in [0, 0.05) is 11.3 Å². The van der Waals surface area contributed by atoms with Gasteiger partial charge in [-0.2, -0.15) is 0 Å². The summed E-state index contributed by atoms with van der Waals surface area (Å²) in [6, 6.07) is 0. The first-order valence-electron chi connectivity index (χ1n) is 9.92. The fourth-order valence-corrected chi connectivity index (χ4v) is 4.53. The van der Waals surface area contributed by atoms with Crippen molar-refractivity contribution in [1.29, 1.82) is 0 Å². The van der Waals surface area contributed by atoms with Gasteiger partial charge in [0.15, 0.2) is 11.9 Å². The summed E-state index contributed by atoms with van der Waals surface area (Å²) in [6.07, 6.45) is 2.02. The molecule has 3 atom stereocenters. The number of likely N-dealkylation sites (tertiary alicyclic amines) is 1. The average molecular weight is 402 g/mol. The summed E-state index contributed by atoms with van der Waals surface area (Å²) in [4.78, 5) is 65.6. The van der Waals surface area contributed by atoms with Crippen molar-refractivity contribution in [1.82, 2.24) is 9.88 Å². The van der Waals surface area contributed by atoms with E-state index in [1.54, 1.807) is 13.8 Å². The zero-order chi connectivity index (χ0) is 21.5. The molecule has 1 saturated carbocycles. The number of aryl methyl sites for hydroxylation is 1. The number of hydrogen-bond acceptors (Lipinski definition) is 6. The van der Waals surface area contributed by atoms with Gasteiger partial charge in [0.25, 0.3) is 0 Å². The monoisotopic (exact) mass is 402 g/mol. The number of rotatable bonds is 6. The first-order chi connectivity index (χ1) is 13.6. The molecule has 1 aromatic heterocycles. The first kappa shape index (κ1) is 21.0. The molecule has 1 aliphatic heterocycles. The lowest BCUT2D eigenvalue weighted by Crippen LogP contribution is -2.38. The molecule has 3 rings (SSSR count). The molecule has 1 N–H and O–H groups in total. The Morgan fingerprint density at radius 3 is 2.14 bits per heavy atom. The third-order valence-electron chi connectivity index (χ3n) is 5.93. The Bertz CT molecular complexity index is 875. The fourth-order valence-electron chi connectivity index (χ4n) is 4.53. The second-order valence-electron chi connectivity index (χ2n) is 7.94. The van der Waals surface area contributed by atoms with Crippen LogP contribution < -0.4 is 0 Å². The maximum atomic E-state index is 12.7. The number of aromatic amines is 1. The van der Waals surface area contributed by atoms with Gasteiger partial charge in [0.2, 0.25) is 17.6 Å². The zero-order valence-electron chi connectivity index (χ0n) is 17.2. The van der Waals surface area contributed by atoms with E-state index in [-0.39, 0.29) is 35.1 Å². The maximum absolute atomic E-state index is 12.7. The van der Waals surface area contributed by atoms with E-state index in [9.17, 15) is 24.0 Å². The van der Waals surface area contributed by atoms with Crippen molar-refractivity contribution >= 4 is 29.4 Å². The topological polar surface area (TPSA) is 114 Å². The van der Waals surface area contributed by atoms with Crippen LogP contribution in [-0.2, 0) is 19.1 Å². The Labute approximate surface area is 169 Å². The highest BCUT2D eigenvalue weighted by Crippen LogP contribution is 2.37. The van der Waals surface area contributed by atoms with Gasteiger partial charge >= 0.3 is 5.97 Å². The minimum absolute atomic E-state index is 0.160. The second-order valence-corrected chi connectivity index (χ2v) is 7.94. The number of carbonyl (C=O) groups excluding carboxylic acids is 5. The number of ketones is 2. The number of ether oxygens (including phenoxy) is 1. The summed E-state index contributed by atoms with van der Waals surface area (Å²) >= 11 is 0. The Hall–Kier alpha value is -2.77. The minimum Gasteiger partial charge on any atom is -0.453 e. The summed E-state index contributed by atoms with van der Waals surface area (Å²) in [7, 11) is 0. The van der Waals surface area contributed by atoms with Crippen LogP contribution in [0, 0.1) is 25.7 Å². The standard InChI is InChI=1S/C21H26N2O6/c1-10-17(12(3)24)11(2)22-18(10)19(26)13(4)29-16(25)9-23-20(27)14-7-5-6-8-15(14)21(23)28/h13-15,22H,5-9H2,1-4H3/t13-,14+,15+/m1/s1. The molecular weight excluding hydrogens is 376 g/mol. The number of esters is 1. The molecule has 8 nitrogen and oxygen atoms in total. The van der Waals surface area contributed by atoms with Crippen LogP contribution in [0.1, 0.15) is 71.6 Å². The number of carbonyl (C=O) groups is 5. The lowest BCUT2D eigenvalue weighted by Gasteiger charge is -2.19. The van der Waals surface area contributed by atoms with E-state index < -0.39 is 24.4 Å². The summed E-state index contributed by atoms with van der Waals surface area (Å²) in [6.45, 7) is 5.72. The number of imide groups is 1. The lowest BCUT2D eigenvalue weighted by molar-refractivity contribution is -0.154. The summed E-state index contributed by atoms with van der Waals surface area (Å²) in [5.74, 6) is -2.75. The number of fused-ring (bicyclic) bond motifs is 1. The zero-order valence-corrected chi connectivity index (χ0v) is 17.2. The van der Waals surface area contributed by atoms with Crippen LogP contribution in [0.25, 0.3) is 0 Å². The van der Waals surface area contributed by atoms with Crippen LogP contribution in [0.5, 0.6) is 0 Å². The predicted octanol–water partition coefficient (Wildman–Crippen LogP) is 2.12. The first-order valence-corrected chi connectivity index (χ1v) is 9.92. The number of H-pyrrole nitrogens is 1. The number of amides is 2.